The Morgan fingerprint density at radius 1 is 1.42 bits per heavy atom. The van der Waals surface area contributed by atoms with Gasteiger partial charge in [0.1, 0.15) is 0 Å². The van der Waals surface area contributed by atoms with E-state index in [4.69, 9.17) is 14.6 Å². The summed E-state index contributed by atoms with van der Waals surface area (Å²) >= 11 is 0. The molecule has 0 spiro atoms. The first-order valence-corrected chi connectivity index (χ1v) is 8.32. The number of rotatable bonds is 8. The molecule has 1 saturated heterocycles. The molecule has 1 atom stereocenters. The van der Waals surface area contributed by atoms with Gasteiger partial charge in [-0.3, -0.25) is 0 Å². The molecule has 0 aliphatic carbocycles. The Bertz CT molecular complexity index is 532. The highest BCUT2D eigenvalue weighted by molar-refractivity contribution is 5.97. The quantitative estimate of drug-likeness (QED) is 0.605. The summed E-state index contributed by atoms with van der Waals surface area (Å²) in [5, 5.41) is 21.3. The van der Waals surface area contributed by atoms with Crippen molar-refractivity contribution in [2.45, 2.75) is 19.4 Å². The Balaban J connectivity index is 2.19. The van der Waals surface area contributed by atoms with Crippen LogP contribution in [0.2, 0.25) is 0 Å². The number of nitrogens with one attached hydrogen (secondary N) is 1. The lowest BCUT2D eigenvalue weighted by atomic mass is 10.1. The second-order valence-corrected chi connectivity index (χ2v) is 5.68. The molecule has 0 bridgehead atoms. The van der Waals surface area contributed by atoms with E-state index in [0.29, 0.717) is 31.1 Å². The van der Waals surface area contributed by atoms with Crippen molar-refractivity contribution in [1.82, 2.24) is 0 Å². The predicted octanol–water partition coefficient (Wildman–Crippen LogP) is 0.855. The fourth-order valence-electron chi connectivity index (χ4n) is 2.46. The van der Waals surface area contributed by atoms with Crippen LogP contribution in [0.5, 0.6) is 0 Å². The number of carbonyl (C=O) groups is 1. The molecule has 7 heteroatoms. The molecule has 1 aliphatic rings. The summed E-state index contributed by atoms with van der Waals surface area (Å²) < 4.78 is 10.7. The van der Waals surface area contributed by atoms with Crippen LogP contribution in [-0.4, -0.2) is 68.3 Å². The van der Waals surface area contributed by atoms with E-state index in [1.165, 1.54) is 0 Å². The van der Waals surface area contributed by atoms with E-state index in [-0.39, 0.29) is 19.1 Å². The molecule has 1 unspecified atom stereocenters. The van der Waals surface area contributed by atoms with Crippen molar-refractivity contribution in [3.8, 4) is 0 Å². The maximum atomic E-state index is 12.4. The smallest absolute Gasteiger partial charge is 0.340 e. The number of aliphatic hydroxyl groups excluding tert-OH is 2. The van der Waals surface area contributed by atoms with E-state index in [9.17, 15) is 9.90 Å². The number of aliphatic hydroxyl groups is 2. The summed E-state index contributed by atoms with van der Waals surface area (Å²) in [7, 11) is 0. The zero-order chi connectivity index (χ0) is 17.4. The number of anilines is 2. The van der Waals surface area contributed by atoms with E-state index in [1.807, 2.05) is 19.1 Å². The summed E-state index contributed by atoms with van der Waals surface area (Å²) in [6.45, 7) is 4.93. The highest BCUT2D eigenvalue weighted by Gasteiger charge is 2.20. The summed E-state index contributed by atoms with van der Waals surface area (Å²) in [5.41, 5.74) is 2.02. The predicted molar refractivity (Wildman–Crippen MR) is 91.6 cm³/mol. The van der Waals surface area contributed by atoms with Crippen LogP contribution < -0.4 is 10.2 Å². The van der Waals surface area contributed by atoms with Crippen molar-refractivity contribution < 1.29 is 24.5 Å². The van der Waals surface area contributed by atoms with Gasteiger partial charge in [0, 0.05) is 25.3 Å². The van der Waals surface area contributed by atoms with Gasteiger partial charge in [-0.2, -0.15) is 0 Å². The van der Waals surface area contributed by atoms with Crippen molar-refractivity contribution in [3.05, 3.63) is 23.8 Å². The SMILES string of the molecule is CCCOC(=O)c1cc(NCC(O)CO)ccc1N1CCOCC1. The number of nitrogens with zero attached hydrogens (tertiary/aromatic N) is 1. The molecule has 0 radical (unpaired) electrons. The zero-order valence-corrected chi connectivity index (χ0v) is 14.0. The molecule has 134 valence electrons. The number of hydrogen-bond donors (Lipinski definition) is 3. The molecule has 1 aliphatic heterocycles. The molecule has 1 aromatic carbocycles. The van der Waals surface area contributed by atoms with Gasteiger partial charge in [0.05, 0.1) is 43.8 Å². The topological polar surface area (TPSA) is 91.3 Å². The van der Waals surface area contributed by atoms with Gasteiger partial charge in [0.25, 0.3) is 0 Å². The molecule has 0 aromatic heterocycles. The Hall–Kier alpha value is -1.83. The first kappa shape index (κ1) is 18.5. The van der Waals surface area contributed by atoms with Gasteiger partial charge in [-0.15, -0.1) is 0 Å². The third-order valence-electron chi connectivity index (χ3n) is 3.76. The van der Waals surface area contributed by atoms with Crippen molar-refractivity contribution >= 4 is 17.3 Å². The van der Waals surface area contributed by atoms with E-state index in [2.05, 4.69) is 10.2 Å². The normalized spacial score (nSPS) is 15.9. The van der Waals surface area contributed by atoms with E-state index in [1.54, 1.807) is 6.07 Å². The van der Waals surface area contributed by atoms with Gasteiger partial charge < -0.3 is 29.9 Å². The Kier molecular flexibility index (Phi) is 7.30. The lowest BCUT2D eigenvalue weighted by Gasteiger charge is -2.30. The largest absolute Gasteiger partial charge is 0.462 e. The minimum atomic E-state index is -0.848. The number of morpholine rings is 1. The average Bonchev–Trinajstić information content (AvgIpc) is 2.64. The van der Waals surface area contributed by atoms with Crippen LogP contribution in [0.15, 0.2) is 18.2 Å². The maximum absolute atomic E-state index is 12.4. The van der Waals surface area contributed by atoms with E-state index in [0.717, 1.165) is 25.2 Å². The second-order valence-electron chi connectivity index (χ2n) is 5.68. The minimum Gasteiger partial charge on any atom is -0.462 e. The minimum absolute atomic E-state index is 0.205. The third kappa shape index (κ3) is 5.09. The number of ether oxygens (including phenoxy) is 2. The average molecular weight is 338 g/mol. The lowest BCUT2D eigenvalue weighted by molar-refractivity contribution is 0.0505. The molecule has 0 saturated carbocycles. The first-order chi connectivity index (χ1) is 11.7. The lowest BCUT2D eigenvalue weighted by Crippen LogP contribution is -2.37. The fourth-order valence-corrected chi connectivity index (χ4v) is 2.46. The summed E-state index contributed by atoms with van der Waals surface area (Å²) in [6.07, 6.45) is -0.0846. The van der Waals surface area contributed by atoms with E-state index < -0.39 is 6.10 Å². The fraction of sp³-hybridized carbons (Fsp3) is 0.588. The Morgan fingerprint density at radius 2 is 2.17 bits per heavy atom. The first-order valence-electron chi connectivity index (χ1n) is 8.32. The molecular formula is C17H26N2O5. The Morgan fingerprint density at radius 3 is 2.83 bits per heavy atom. The Labute approximate surface area is 142 Å². The molecule has 1 aromatic rings. The third-order valence-corrected chi connectivity index (χ3v) is 3.76. The number of benzene rings is 1. The van der Waals surface area contributed by atoms with Crippen LogP contribution in [-0.2, 0) is 9.47 Å². The summed E-state index contributed by atoms with van der Waals surface area (Å²) in [4.78, 5) is 14.5. The van der Waals surface area contributed by atoms with Crippen LogP contribution in [0.3, 0.4) is 0 Å². The van der Waals surface area contributed by atoms with Crippen molar-refractivity contribution in [2.24, 2.45) is 0 Å². The van der Waals surface area contributed by atoms with Gasteiger partial charge in [0.15, 0.2) is 0 Å². The molecule has 24 heavy (non-hydrogen) atoms. The van der Waals surface area contributed by atoms with Gasteiger partial charge in [-0.05, 0) is 24.6 Å². The standard InChI is InChI=1S/C17H26N2O5/c1-2-7-24-17(22)15-10-13(18-11-14(21)12-20)3-4-16(15)19-5-8-23-9-6-19/h3-4,10,14,18,20-21H,2,5-9,11-12H2,1H3. The zero-order valence-electron chi connectivity index (χ0n) is 14.0. The van der Waals surface area contributed by atoms with Crippen LogP contribution in [0.1, 0.15) is 23.7 Å². The van der Waals surface area contributed by atoms with Gasteiger partial charge >= 0.3 is 5.97 Å². The monoisotopic (exact) mass is 338 g/mol. The molecule has 2 rings (SSSR count). The van der Waals surface area contributed by atoms with Crippen LogP contribution >= 0.6 is 0 Å². The van der Waals surface area contributed by atoms with Crippen molar-refractivity contribution in [1.29, 1.82) is 0 Å². The molecule has 1 heterocycles. The highest BCUT2D eigenvalue weighted by Crippen LogP contribution is 2.26. The highest BCUT2D eigenvalue weighted by atomic mass is 16.5. The van der Waals surface area contributed by atoms with Crippen LogP contribution in [0, 0.1) is 0 Å². The molecule has 0 amide bonds. The van der Waals surface area contributed by atoms with E-state index >= 15 is 0 Å². The number of esters is 1. The molecule has 1 fully saturated rings. The number of hydrogen-bond acceptors (Lipinski definition) is 7. The van der Waals surface area contributed by atoms with Crippen molar-refractivity contribution in [3.63, 3.8) is 0 Å². The maximum Gasteiger partial charge on any atom is 0.340 e. The van der Waals surface area contributed by atoms with Gasteiger partial charge in [0.2, 0.25) is 0 Å². The summed E-state index contributed by atoms with van der Waals surface area (Å²) in [5.74, 6) is -0.357. The second kappa shape index (κ2) is 9.46. The van der Waals surface area contributed by atoms with Crippen LogP contribution in [0.4, 0.5) is 11.4 Å². The van der Waals surface area contributed by atoms with Crippen LogP contribution in [0.25, 0.3) is 0 Å². The summed E-state index contributed by atoms with van der Waals surface area (Å²) in [6, 6.07) is 5.46. The van der Waals surface area contributed by atoms with Gasteiger partial charge in [-0.1, -0.05) is 6.92 Å². The molecule has 7 nitrogen and oxygen atoms in total. The molecular weight excluding hydrogens is 312 g/mol. The molecule has 3 N–H and O–H groups in total. The van der Waals surface area contributed by atoms with Gasteiger partial charge in [-0.25, -0.2) is 4.79 Å². The van der Waals surface area contributed by atoms with Crippen molar-refractivity contribution in [2.75, 3.05) is 56.3 Å². The number of carbonyl (C=O) groups excluding carboxylic acids is 1.